The Morgan fingerprint density at radius 3 is 2.81 bits per heavy atom. The van der Waals surface area contributed by atoms with Gasteiger partial charge in [-0.05, 0) is 24.4 Å². The lowest BCUT2D eigenvalue weighted by molar-refractivity contribution is 0.282. The third-order valence-electron chi connectivity index (χ3n) is 2.47. The number of benzene rings is 1. The van der Waals surface area contributed by atoms with Crippen molar-refractivity contribution < 1.29 is 22.1 Å². The first-order valence-electron chi connectivity index (χ1n) is 5.73. The molecule has 0 aliphatic heterocycles. The first-order valence-corrected chi connectivity index (χ1v) is 7.74. The predicted molar refractivity (Wildman–Crippen MR) is 79.4 cm³/mol. The Balaban J connectivity index is 2.05. The van der Waals surface area contributed by atoms with E-state index in [1.165, 1.54) is 0 Å². The smallest absolute Gasteiger partial charge is 0.342 e. The monoisotopic (exact) mass is 329 g/mol. The summed E-state index contributed by atoms with van der Waals surface area (Å²) in [6.07, 6.45) is 0. The summed E-state index contributed by atoms with van der Waals surface area (Å²) < 4.78 is 39.7. The Morgan fingerprint density at radius 2 is 2.10 bits per heavy atom. The second-order valence-electron chi connectivity index (χ2n) is 4.08. The molecule has 2 aromatic rings. The molecule has 21 heavy (non-hydrogen) atoms. The molecule has 2 rings (SSSR count). The summed E-state index contributed by atoms with van der Waals surface area (Å²) >= 11 is 4.72. The lowest BCUT2D eigenvalue weighted by Gasteiger charge is -2.08. The van der Waals surface area contributed by atoms with Crippen molar-refractivity contribution in [1.82, 2.24) is 5.32 Å². The fraction of sp³-hybridized carbons (Fsp3) is 0.167. The standard InChI is InChI=1S/C12H11NO6S2/c14-11-9(5-8-3-1-2-4-10(8)19-11)6-18-12(20)13-7-21(15,16)17/h1-5H,6-7H2,(H,13,20)(H,15,16,17). The number of rotatable bonds is 4. The molecule has 0 unspecified atom stereocenters. The van der Waals surface area contributed by atoms with Gasteiger partial charge in [0, 0.05) is 5.39 Å². The van der Waals surface area contributed by atoms with Gasteiger partial charge in [-0.25, -0.2) is 4.79 Å². The second kappa shape index (κ2) is 6.20. The number of para-hydroxylation sites is 1. The van der Waals surface area contributed by atoms with Crippen molar-refractivity contribution in [3.63, 3.8) is 0 Å². The van der Waals surface area contributed by atoms with Gasteiger partial charge in [-0.1, -0.05) is 18.2 Å². The van der Waals surface area contributed by atoms with Crippen LogP contribution in [0.4, 0.5) is 0 Å². The molecular formula is C12H11NO6S2. The summed E-state index contributed by atoms with van der Waals surface area (Å²) in [5.74, 6) is -0.766. The van der Waals surface area contributed by atoms with Crippen molar-refractivity contribution >= 4 is 38.5 Å². The zero-order valence-electron chi connectivity index (χ0n) is 10.6. The van der Waals surface area contributed by atoms with E-state index in [0.717, 1.165) is 5.39 Å². The molecule has 0 spiro atoms. The number of fused-ring (bicyclic) bond motifs is 1. The molecule has 0 aliphatic carbocycles. The third kappa shape index (κ3) is 4.52. The molecule has 112 valence electrons. The van der Waals surface area contributed by atoms with E-state index in [-0.39, 0.29) is 17.3 Å². The highest BCUT2D eigenvalue weighted by molar-refractivity contribution is 7.85. The van der Waals surface area contributed by atoms with Gasteiger partial charge in [0.25, 0.3) is 15.3 Å². The number of nitrogens with one attached hydrogen (secondary N) is 1. The molecule has 1 heterocycles. The third-order valence-corrected chi connectivity index (χ3v) is 3.24. The number of hydrogen-bond acceptors (Lipinski definition) is 6. The average Bonchev–Trinajstić information content (AvgIpc) is 2.42. The lowest BCUT2D eigenvalue weighted by atomic mass is 10.2. The van der Waals surface area contributed by atoms with Crippen LogP contribution in [0.15, 0.2) is 39.5 Å². The fourth-order valence-corrected chi connectivity index (χ4v) is 2.09. The maximum absolute atomic E-state index is 11.7. The summed E-state index contributed by atoms with van der Waals surface area (Å²) in [4.78, 5) is 11.7. The Labute approximate surface area is 125 Å². The van der Waals surface area contributed by atoms with Crippen molar-refractivity contribution in [1.29, 1.82) is 0 Å². The molecule has 0 atom stereocenters. The van der Waals surface area contributed by atoms with Crippen LogP contribution < -0.4 is 10.9 Å². The van der Waals surface area contributed by atoms with Gasteiger partial charge < -0.3 is 14.5 Å². The maximum atomic E-state index is 11.7. The van der Waals surface area contributed by atoms with Crippen LogP contribution in [0.2, 0.25) is 0 Å². The Morgan fingerprint density at radius 1 is 1.38 bits per heavy atom. The zero-order valence-corrected chi connectivity index (χ0v) is 12.2. The predicted octanol–water partition coefficient (Wildman–Crippen LogP) is 1.03. The highest BCUT2D eigenvalue weighted by Gasteiger charge is 2.09. The molecule has 7 nitrogen and oxygen atoms in total. The van der Waals surface area contributed by atoms with Crippen LogP contribution in [0, 0.1) is 0 Å². The van der Waals surface area contributed by atoms with Crippen molar-refractivity contribution in [3.05, 3.63) is 46.3 Å². The van der Waals surface area contributed by atoms with Crippen LogP contribution in [0.5, 0.6) is 0 Å². The van der Waals surface area contributed by atoms with Crippen LogP contribution in [-0.4, -0.2) is 24.0 Å². The van der Waals surface area contributed by atoms with Crippen LogP contribution >= 0.6 is 12.2 Å². The van der Waals surface area contributed by atoms with Crippen LogP contribution in [0.1, 0.15) is 5.56 Å². The maximum Gasteiger partial charge on any atom is 0.342 e. The molecule has 0 saturated carbocycles. The highest BCUT2D eigenvalue weighted by atomic mass is 32.2. The minimum absolute atomic E-state index is 0.176. The van der Waals surface area contributed by atoms with Gasteiger partial charge in [-0.2, -0.15) is 8.42 Å². The number of hydrogen-bond donors (Lipinski definition) is 2. The van der Waals surface area contributed by atoms with E-state index in [0.29, 0.717) is 5.58 Å². The van der Waals surface area contributed by atoms with Gasteiger partial charge in [-0.15, -0.1) is 0 Å². The minimum Gasteiger partial charge on any atom is -0.466 e. The minimum atomic E-state index is -4.20. The van der Waals surface area contributed by atoms with Crippen LogP contribution in [0.25, 0.3) is 11.0 Å². The van der Waals surface area contributed by atoms with Gasteiger partial charge in [0.15, 0.2) is 0 Å². The Hall–Kier alpha value is -1.97. The van der Waals surface area contributed by atoms with E-state index in [1.807, 2.05) is 0 Å². The van der Waals surface area contributed by atoms with Crippen LogP contribution in [-0.2, 0) is 21.5 Å². The molecule has 1 aromatic heterocycles. The van der Waals surface area contributed by atoms with Crippen molar-refractivity contribution in [2.45, 2.75) is 6.61 Å². The normalized spacial score (nSPS) is 11.3. The molecule has 0 saturated heterocycles. The second-order valence-corrected chi connectivity index (χ2v) is 5.90. The summed E-state index contributed by atoms with van der Waals surface area (Å²) in [5, 5.41) is 2.67. The Bertz CT molecular complexity index is 827. The first-order chi connectivity index (χ1) is 9.85. The van der Waals surface area contributed by atoms with Gasteiger partial charge in [0.2, 0.25) is 0 Å². The summed E-state index contributed by atoms with van der Waals surface area (Å²) in [7, 11) is -4.20. The van der Waals surface area contributed by atoms with E-state index in [4.69, 9.17) is 25.9 Å². The molecule has 9 heteroatoms. The van der Waals surface area contributed by atoms with E-state index in [9.17, 15) is 13.2 Å². The van der Waals surface area contributed by atoms with E-state index in [1.54, 1.807) is 30.3 Å². The summed E-state index contributed by atoms with van der Waals surface area (Å²) in [6.45, 7) is -0.176. The van der Waals surface area contributed by atoms with Crippen molar-refractivity contribution in [2.24, 2.45) is 0 Å². The molecular weight excluding hydrogens is 318 g/mol. The Kier molecular flexibility index (Phi) is 4.56. The van der Waals surface area contributed by atoms with E-state index < -0.39 is 21.6 Å². The van der Waals surface area contributed by atoms with Crippen molar-refractivity contribution in [2.75, 3.05) is 5.88 Å². The number of ether oxygens (including phenoxy) is 1. The largest absolute Gasteiger partial charge is 0.466 e. The molecule has 0 bridgehead atoms. The van der Waals surface area contributed by atoms with Gasteiger partial charge in [0.1, 0.15) is 18.1 Å². The molecule has 0 aliphatic rings. The lowest BCUT2D eigenvalue weighted by Crippen LogP contribution is -2.29. The number of thiocarbonyl (C=S) groups is 1. The van der Waals surface area contributed by atoms with Crippen molar-refractivity contribution in [3.8, 4) is 0 Å². The topological polar surface area (TPSA) is 106 Å². The molecule has 0 radical (unpaired) electrons. The SMILES string of the molecule is O=c1oc2ccccc2cc1COC(=S)NCS(=O)(=O)O. The molecule has 2 N–H and O–H groups in total. The molecule has 1 aromatic carbocycles. The average molecular weight is 329 g/mol. The first kappa shape index (κ1) is 15.4. The fourth-order valence-electron chi connectivity index (χ4n) is 1.55. The van der Waals surface area contributed by atoms with Gasteiger partial charge in [0.05, 0.1) is 5.56 Å². The van der Waals surface area contributed by atoms with Gasteiger partial charge in [-0.3, -0.25) is 4.55 Å². The quantitative estimate of drug-likeness (QED) is 0.487. The van der Waals surface area contributed by atoms with E-state index >= 15 is 0 Å². The van der Waals surface area contributed by atoms with Gasteiger partial charge >= 0.3 is 5.63 Å². The van der Waals surface area contributed by atoms with E-state index in [2.05, 4.69) is 5.32 Å². The van der Waals surface area contributed by atoms with Crippen LogP contribution in [0.3, 0.4) is 0 Å². The summed E-state index contributed by atoms with van der Waals surface area (Å²) in [6, 6.07) is 8.59. The molecule has 0 amide bonds. The highest BCUT2D eigenvalue weighted by Crippen LogP contribution is 2.12. The zero-order chi connectivity index (χ0) is 15.5. The summed E-state index contributed by atoms with van der Waals surface area (Å²) in [5.41, 5.74) is 0.134. The molecule has 0 fully saturated rings.